The average Bonchev–Trinajstić information content (AvgIpc) is 2.65. The van der Waals surface area contributed by atoms with Gasteiger partial charge in [-0.05, 0) is 64.6 Å². The Morgan fingerprint density at radius 1 is 1.32 bits per heavy atom. The van der Waals surface area contributed by atoms with Crippen LogP contribution in [0.2, 0.25) is 18.1 Å². The number of rotatable bonds is 8. The molecule has 0 unspecified atom stereocenters. The van der Waals surface area contributed by atoms with Crippen LogP contribution in [0.3, 0.4) is 0 Å². The molecule has 1 N–H and O–H groups in total. The summed E-state index contributed by atoms with van der Waals surface area (Å²) in [5, 5.41) is 10.5. The maximum absolute atomic E-state index is 11.4. The molecule has 0 heterocycles. The molecule has 0 aromatic heterocycles. The van der Waals surface area contributed by atoms with Gasteiger partial charge in [-0.2, -0.15) is 0 Å². The first-order valence-corrected chi connectivity index (χ1v) is 14.2. The number of halogens is 1. The molecular formula is C23H33BrO6Si. The van der Waals surface area contributed by atoms with E-state index < -0.39 is 14.4 Å². The van der Waals surface area contributed by atoms with E-state index in [0.717, 1.165) is 18.4 Å². The third-order valence-corrected chi connectivity index (χ3v) is 11.3. The molecule has 0 saturated heterocycles. The minimum absolute atomic E-state index is 0.0246. The number of aldehydes is 1. The van der Waals surface area contributed by atoms with Crippen molar-refractivity contribution in [3.05, 3.63) is 33.8 Å². The van der Waals surface area contributed by atoms with Crippen LogP contribution >= 0.6 is 15.9 Å². The van der Waals surface area contributed by atoms with Gasteiger partial charge in [0.25, 0.3) is 0 Å². The molecule has 1 aromatic carbocycles. The van der Waals surface area contributed by atoms with Crippen LogP contribution < -0.4 is 4.74 Å². The molecule has 0 fully saturated rings. The number of esters is 1. The lowest BCUT2D eigenvalue weighted by molar-refractivity contribution is -0.140. The standard InChI is InChI=1S/C23H33BrO6Si/c1-15(26)28-13-12-16-8-7-9-19(30-31(5,6)23(2,3)4)21(16)29-22-18(27)11-10-17(14-25)20(22)24/h8,10-11,14,19,21,27H,7,9,12-13H2,1-6H3/t19-,21-/m0/s1. The largest absolute Gasteiger partial charge is 0.504 e. The predicted molar refractivity (Wildman–Crippen MR) is 126 cm³/mol. The SMILES string of the molecule is CC(=O)OCCC1=CCC[C@H](O[Si](C)(C)C(C)(C)C)[C@H]1Oc1c(O)ccc(C=O)c1Br. The minimum Gasteiger partial charge on any atom is -0.504 e. The van der Waals surface area contributed by atoms with Crippen molar-refractivity contribution < 1.29 is 28.6 Å². The van der Waals surface area contributed by atoms with Crippen molar-refractivity contribution in [1.82, 2.24) is 0 Å². The predicted octanol–water partition coefficient (Wildman–Crippen LogP) is 5.78. The summed E-state index contributed by atoms with van der Waals surface area (Å²) in [4.78, 5) is 22.6. The zero-order valence-corrected chi connectivity index (χ0v) is 21.7. The number of phenols is 1. The Labute approximate surface area is 194 Å². The number of ether oxygens (including phenoxy) is 2. The number of carbonyl (C=O) groups excluding carboxylic acids is 2. The maximum atomic E-state index is 11.4. The van der Waals surface area contributed by atoms with Crippen LogP contribution in [-0.4, -0.2) is 44.5 Å². The second kappa shape index (κ2) is 10.3. The molecular weight excluding hydrogens is 480 g/mol. The lowest BCUT2D eigenvalue weighted by Gasteiger charge is -2.43. The normalized spacial score (nSPS) is 19.5. The van der Waals surface area contributed by atoms with E-state index in [1.54, 1.807) is 0 Å². The molecule has 0 radical (unpaired) electrons. The molecule has 31 heavy (non-hydrogen) atoms. The molecule has 1 aromatic rings. The fraction of sp³-hybridized carbons (Fsp3) is 0.565. The summed E-state index contributed by atoms with van der Waals surface area (Å²) in [5.74, 6) is -0.186. The second-order valence-electron chi connectivity index (χ2n) is 9.34. The van der Waals surface area contributed by atoms with Crippen LogP contribution in [0.1, 0.15) is 57.3 Å². The summed E-state index contributed by atoms with van der Waals surface area (Å²) in [5.41, 5.74) is 1.34. The molecule has 172 valence electrons. The highest BCUT2D eigenvalue weighted by Gasteiger charge is 2.42. The molecule has 2 rings (SSSR count). The molecule has 0 aliphatic heterocycles. The van der Waals surface area contributed by atoms with Gasteiger partial charge in [-0.25, -0.2) is 0 Å². The van der Waals surface area contributed by atoms with Gasteiger partial charge in [0.15, 0.2) is 26.1 Å². The summed E-state index contributed by atoms with van der Waals surface area (Å²) >= 11 is 3.39. The highest BCUT2D eigenvalue weighted by atomic mass is 79.9. The van der Waals surface area contributed by atoms with Crippen molar-refractivity contribution in [2.24, 2.45) is 0 Å². The smallest absolute Gasteiger partial charge is 0.302 e. The Morgan fingerprint density at radius 3 is 2.58 bits per heavy atom. The molecule has 1 aliphatic carbocycles. The second-order valence-corrected chi connectivity index (χ2v) is 14.9. The third-order valence-electron chi connectivity index (χ3n) is 5.99. The van der Waals surface area contributed by atoms with E-state index in [0.29, 0.717) is 22.7 Å². The van der Waals surface area contributed by atoms with Gasteiger partial charge >= 0.3 is 5.97 Å². The first-order valence-electron chi connectivity index (χ1n) is 10.5. The first-order chi connectivity index (χ1) is 14.4. The number of hydrogen-bond acceptors (Lipinski definition) is 6. The molecule has 8 heteroatoms. The van der Waals surface area contributed by atoms with E-state index in [9.17, 15) is 14.7 Å². The van der Waals surface area contributed by atoms with Gasteiger partial charge < -0.3 is 19.0 Å². The average molecular weight is 514 g/mol. The maximum Gasteiger partial charge on any atom is 0.302 e. The molecule has 0 saturated carbocycles. The number of hydrogen-bond donors (Lipinski definition) is 1. The molecule has 0 amide bonds. The van der Waals surface area contributed by atoms with Crippen LogP contribution in [0.4, 0.5) is 0 Å². The topological polar surface area (TPSA) is 82.1 Å². The fourth-order valence-electron chi connectivity index (χ4n) is 3.21. The van der Waals surface area contributed by atoms with Crippen molar-refractivity contribution in [2.75, 3.05) is 6.61 Å². The lowest BCUT2D eigenvalue weighted by atomic mass is 9.91. The van der Waals surface area contributed by atoms with Crippen LogP contribution in [0, 0.1) is 0 Å². The van der Waals surface area contributed by atoms with Crippen molar-refractivity contribution in [2.45, 2.75) is 77.3 Å². The molecule has 1 aliphatic rings. The van der Waals surface area contributed by atoms with Gasteiger partial charge in [-0.1, -0.05) is 26.8 Å². The van der Waals surface area contributed by atoms with E-state index in [-0.39, 0.29) is 35.2 Å². The van der Waals surface area contributed by atoms with E-state index >= 15 is 0 Å². The van der Waals surface area contributed by atoms with E-state index in [1.807, 2.05) is 0 Å². The van der Waals surface area contributed by atoms with Crippen LogP contribution in [0.25, 0.3) is 0 Å². The van der Waals surface area contributed by atoms with Crippen LogP contribution in [0.15, 0.2) is 28.3 Å². The Hall–Kier alpha value is -1.64. The summed E-state index contributed by atoms with van der Waals surface area (Å²) in [6, 6.07) is 2.97. The summed E-state index contributed by atoms with van der Waals surface area (Å²) in [6.07, 6.45) is 4.22. The number of phenolic OH excluding ortho intramolecular Hbond substituents is 1. The quantitative estimate of drug-likeness (QED) is 0.206. The van der Waals surface area contributed by atoms with Gasteiger partial charge in [-0.15, -0.1) is 0 Å². The van der Waals surface area contributed by atoms with Gasteiger partial charge in [0.05, 0.1) is 17.2 Å². The Morgan fingerprint density at radius 2 is 2.00 bits per heavy atom. The minimum atomic E-state index is -2.10. The highest BCUT2D eigenvalue weighted by Crippen LogP contribution is 2.42. The summed E-state index contributed by atoms with van der Waals surface area (Å²) < 4.78 is 18.6. The zero-order valence-electron chi connectivity index (χ0n) is 19.2. The zero-order chi connectivity index (χ0) is 23.4. The molecule has 6 nitrogen and oxygen atoms in total. The van der Waals surface area contributed by atoms with Crippen molar-refractivity contribution in [1.29, 1.82) is 0 Å². The number of carbonyl (C=O) groups is 2. The van der Waals surface area contributed by atoms with Crippen LogP contribution in [0.5, 0.6) is 11.5 Å². The van der Waals surface area contributed by atoms with Gasteiger partial charge in [-0.3, -0.25) is 9.59 Å². The monoisotopic (exact) mass is 512 g/mol. The van der Waals surface area contributed by atoms with Crippen molar-refractivity contribution in [3.8, 4) is 11.5 Å². The number of allylic oxidation sites excluding steroid dienone is 1. The van der Waals surface area contributed by atoms with Crippen molar-refractivity contribution in [3.63, 3.8) is 0 Å². The number of aromatic hydroxyl groups is 1. The number of benzene rings is 1. The van der Waals surface area contributed by atoms with E-state index in [1.165, 1.54) is 19.1 Å². The highest BCUT2D eigenvalue weighted by molar-refractivity contribution is 9.10. The van der Waals surface area contributed by atoms with Gasteiger partial charge in [0.1, 0.15) is 6.10 Å². The Balaban J connectivity index is 2.39. The fourth-order valence-corrected chi connectivity index (χ4v) is 5.09. The Bertz CT molecular complexity index is 843. The van der Waals surface area contributed by atoms with Crippen molar-refractivity contribution >= 4 is 36.5 Å². The Kier molecular flexibility index (Phi) is 8.52. The van der Waals surface area contributed by atoms with E-state index in [2.05, 4.69) is 55.9 Å². The summed E-state index contributed by atoms with van der Waals surface area (Å²) in [6.45, 7) is 12.6. The van der Waals surface area contributed by atoms with E-state index in [4.69, 9.17) is 13.9 Å². The van der Waals surface area contributed by atoms with Gasteiger partial charge in [0.2, 0.25) is 0 Å². The summed E-state index contributed by atoms with van der Waals surface area (Å²) in [7, 11) is -2.10. The molecule has 0 spiro atoms. The third kappa shape index (κ3) is 6.43. The van der Waals surface area contributed by atoms with Crippen LogP contribution in [-0.2, 0) is 14.0 Å². The molecule has 0 bridgehead atoms. The lowest BCUT2D eigenvalue weighted by Crippen LogP contribution is -2.49. The van der Waals surface area contributed by atoms with Gasteiger partial charge in [0, 0.05) is 18.9 Å². The molecule has 2 atom stereocenters. The first kappa shape index (κ1) is 25.6.